The summed E-state index contributed by atoms with van der Waals surface area (Å²) in [7, 11) is 8.50. The molecule has 0 amide bonds. The smallest absolute Gasteiger partial charge is 0.333 e. The summed E-state index contributed by atoms with van der Waals surface area (Å²) < 4.78 is 1.00. The second-order valence-electron chi connectivity index (χ2n) is 2.68. The molecule has 0 aromatic carbocycles. The van der Waals surface area contributed by atoms with Crippen LogP contribution in [-0.2, 0) is 17.1 Å². The minimum atomic E-state index is 0. The molecule has 0 aliphatic rings. The van der Waals surface area contributed by atoms with Gasteiger partial charge in [-0.15, -0.1) is 0 Å². The van der Waals surface area contributed by atoms with Crippen molar-refractivity contribution in [1.29, 1.82) is 0 Å². The summed E-state index contributed by atoms with van der Waals surface area (Å²) >= 11 is 0. The minimum Gasteiger partial charge on any atom is -0.333 e. The molecule has 0 heterocycles. The van der Waals surface area contributed by atoms with Crippen LogP contribution >= 0.6 is 0 Å². The number of hydrogen-bond acceptors (Lipinski definition) is 0. The van der Waals surface area contributed by atoms with Crippen LogP contribution in [-0.4, -0.2) is 32.7 Å². The molecular weight excluding hydrogens is 118 g/mol. The average Bonchev–Trinajstić information content (AvgIpc) is 0.722. The van der Waals surface area contributed by atoms with Gasteiger partial charge in [-0.2, -0.15) is 0 Å². The minimum absolute atomic E-state index is 0. The van der Waals surface area contributed by atoms with E-state index in [0.717, 1.165) is 4.48 Å². The summed E-state index contributed by atoms with van der Waals surface area (Å²) in [6.07, 6.45) is 0. The molecule has 0 fully saturated rings. The number of nitrogens with zero attached hydrogens (tertiary/aromatic N) is 1. The standard InChI is InChI=1S/C4H12N.Fe/c1-5(2,3)4;/h1-4H3;/q+1;+2. The number of quaternary nitrogens is 1. The van der Waals surface area contributed by atoms with E-state index >= 15 is 0 Å². The van der Waals surface area contributed by atoms with Crippen LogP contribution in [0.15, 0.2) is 0 Å². The van der Waals surface area contributed by atoms with Gasteiger partial charge in [0, 0.05) is 0 Å². The summed E-state index contributed by atoms with van der Waals surface area (Å²) in [5.41, 5.74) is 0. The van der Waals surface area contributed by atoms with Gasteiger partial charge < -0.3 is 4.48 Å². The zero-order valence-corrected chi connectivity index (χ0v) is 5.90. The number of rotatable bonds is 0. The van der Waals surface area contributed by atoms with Crippen LogP contribution in [0.3, 0.4) is 0 Å². The first-order chi connectivity index (χ1) is 2.00. The molecule has 6 heavy (non-hydrogen) atoms. The van der Waals surface area contributed by atoms with E-state index in [-0.39, 0.29) is 17.1 Å². The Labute approximate surface area is 50.4 Å². The van der Waals surface area contributed by atoms with Crippen molar-refractivity contribution in [3.05, 3.63) is 0 Å². The fourth-order valence-electron chi connectivity index (χ4n) is 0. The summed E-state index contributed by atoms with van der Waals surface area (Å²) in [6.45, 7) is 0. The maximum absolute atomic E-state index is 2.12. The molecule has 0 atom stereocenters. The normalized spacial score (nSPS) is 10.0. The topological polar surface area (TPSA) is 0 Å². The van der Waals surface area contributed by atoms with Gasteiger partial charge in [-0.05, 0) is 0 Å². The molecule has 0 N–H and O–H groups in total. The molecular formula is C4H12FeN+3. The van der Waals surface area contributed by atoms with Crippen LogP contribution in [0.5, 0.6) is 0 Å². The Morgan fingerprint density at radius 1 is 0.833 bits per heavy atom. The van der Waals surface area contributed by atoms with Gasteiger partial charge in [-0.3, -0.25) is 0 Å². The first-order valence-corrected chi connectivity index (χ1v) is 1.79. The van der Waals surface area contributed by atoms with Gasteiger partial charge in [0.15, 0.2) is 0 Å². The summed E-state index contributed by atoms with van der Waals surface area (Å²) in [5, 5.41) is 0. The van der Waals surface area contributed by atoms with E-state index in [1.54, 1.807) is 0 Å². The zero-order chi connectivity index (χ0) is 4.50. The Morgan fingerprint density at radius 3 is 0.833 bits per heavy atom. The van der Waals surface area contributed by atoms with Gasteiger partial charge in [0.2, 0.25) is 0 Å². The Hall–Kier alpha value is 0.479. The van der Waals surface area contributed by atoms with E-state index < -0.39 is 0 Å². The average molecular weight is 130 g/mol. The van der Waals surface area contributed by atoms with Gasteiger partial charge >= 0.3 is 17.1 Å². The van der Waals surface area contributed by atoms with Crippen molar-refractivity contribution in [3.63, 3.8) is 0 Å². The quantitative estimate of drug-likeness (QED) is 0.327. The van der Waals surface area contributed by atoms with Crippen molar-refractivity contribution in [3.8, 4) is 0 Å². The van der Waals surface area contributed by atoms with Crippen molar-refractivity contribution >= 4 is 0 Å². The van der Waals surface area contributed by atoms with E-state index in [0.29, 0.717) is 0 Å². The Bertz CT molecular complexity index is 23.0. The fourth-order valence-corrected chi connectivity index (χ4v) is 0. The van der Waals surface area contributed by atoms with Crippen LogP contribution in [0.25, 0.3) is 0 Å². The maximum atomic E-state index is 2.12. The molecule has 0 saturated heterocycles. The van der Waals surface area contributed by atoms with Gasteiger partial charge in [0.25, 0.3) is 0 Å². The first-order valence-electron chi connectivity index (χ1n) is 1.79. The van der Waals surface area contributed by atoms with Gasteiger partial charge in [-0.1, -0.05) is 0 Å². The molecule has 0 bridgehead atoms. The molecule has 0 radical (unpaired) electrons. The van der Waals surface area contributed by atoms with E-state index in [1.807, 2.05) is 0 Å². The van der Waals surface area contributed by atoms with Gasteiger partial charge in [0.1, 0.15) is 0 Å². The molecule has 0 aliphatic heterocycles. The maximum Gasteiger partial charge on any atom is 2.00 e. The second-order valence-corrected chi connectivity index (χ2v) is 2.68. The molecule has 1 nitrogen and oxygen atoms in total. The van der Waals surface area contributed by atoms with Crippen LogP contribution in [0.1, 0.15) is 0 Å². The summed E-state index contributed by atoms with van der Waals surface area (Å²) in [4.78, 5) is 0. The molecule has 0 aromatic rings. The molecule has 2 heteroatoms. The van der Waals surface area contributed by atoms with E-state index in [1.165, 1.54) is 0 Å². The van der Waals surface area contributed by atoms with Crippen LogP contribution < -0.4 is 0 Å². The monoisotopic (exact) mass is 130 g/mol. The Balaban J connectivity index is 0. The summed E-state index contributed by atoms with van der Waals surface area (Å²) in [5.74, 6) is 0. The molecule has 0 saturated carbocycles. The fraction of sp³-hybridized carbons (Fsp3) is 1.00. The van der Waals surface area contributed by atoms with Crippen molar-refractivity contribution in [2.24, 2.45) is 0 Å². The molecule has 0 unspecified atom stereocenters. The van der Waals surface area contributed by atoms with E-state index in [2.05, 4.69) is 28.2 Å². The molecule has 0 spiro atoms. The van der Waals surface area contributed by atoms with Crippen LogP contribution in [0, 0.1) is 0 Å². The SMILES string of the molecule is C[N+](C)(C)C.[Fe+2]. The van der Waals surface area contributed by atoms with E-state index in [4.69, 9.17) is 0 Å². The van der Waals surface area contributed by atoms with E-state index in [9.17, 15) is 0 Å². The van der Waals surface area contributed by atoms with Crippen LogP contribution in [0.2, 0.25) is 0 Å². The third-order valence-corrected chi connectivity index (χ3v) is 0. The second kappa shape index (κ2) is 2.62. The number of hydrogen-bond donors (Lipinski definition) is 0. The molecule has 0 aliphatic carbocycles. The van der Waals surface area contributed by atoms with Crippen LogP contribution in [0.4, 0.5) is 0 Å². The third kappa shape index (κ3) is 236. The third-order valence-electron chi connectivity index (χ3n) is 0. The predicted octanol–water partition coefficient (Wildman–Crippen LogP) is 0.320. The van der Waals surface area contributed by atoms with Gasteiger partial charge in [0.05, 0.1) is 28.2 Å². The predicted molar refractivity (Wildman–Crippen MR) is 24.0 cm³/mol. The van der Waals surface area contributed by atoms with Crippen molar-refractivity contribution in [1.82, 2.24) is 0 Å². The van der Waals surface area contributed by atoms with Crippen molar-refractivity contribution < 1.29 is 21.6 Å². The zero-order valence-electron chi connectivity index (χ0n) is 4.80. The summed E-state index contributed by atoms with van der Waals surface area (Å²) in [6, 6.07) is 0. The molecule has 38 valence electrons. The first kappa shape index (κ1) is 9.70. The van der Waals surface area contributed by atoms with Crippen molar-refractivity contribution in [2.45, 2.75) is 0 Å². The molecule has 0 aromatic heterocycles. The Kier molecular flexibility index (Phi) is 4.23. The largest absolute Gasteiger partial charge is 2.00 e. The molecule has 0 rings (SSSR count). The Morgan fingerprint density at radius 2 is 0.833 bits per heavy atom. The van der Waals surface area contributed by atoms with Crippen molar-refractivity contribution in [2.75, 3.05) is 28.2 Å². The van der Waals surface area contributed by atoms with Gasteiger partial charge in [-0.25, -0.2) is 0 Å².